The van der Waals surface area contributed by atoms with Gasteiger partial charge in [0.15, 0.2) is 0 Å². The van der Waals surface area contributed by atoms with E-state index in [0.29, 0.717) is 5.41 Å². The van der Waals surface area contributed by atoms with Gasteiger partial charge in [0.05, 0.1) is 13.2 Å². The molecule has 0 unspecified atom stereocenters. The molecule has 0 amide bonds. The summed E-state index contributed by atoms with van der Waals surface area (Å²) in [4.78, 5) is 2.29. The van der Waals surface area contributed by atoms with Crippen LogP contribution in [0.1, 0.15) is 19.3 Å². The highest BCUT2D eigenvalue weighted by Gasteiger charge is 2.36. The summed E-state index contributed by atoms with van der Waals surface area (Å²) in [6, 6.07) is 0. The maximum Gasteiger partial charge on any atom is 0.0589 e. The SMILES string of the molecule is COCCN(CCO)CC1(CS)CCC1. The standard InChI is InChI=1S/C11H23NO2S/c1-14-8-6-12(5-7-13)9-11(10-15)3-2-4-11/h13,15H,2-10H2,1H3. The second-order valence-electron chi connectivity index (χ2n) is 4.50. The van der Waals surface area contributed by atoms with Crippen molar-refractivity contribution in [2.45, 2.75) is 19.3 Å². The molecule has 1 N–H and O–H groups in total. The first-order valence-electron chi connectivity index (χ1n) is 5.69. The lowest BCUT2D eigenvalue weighted by Gasteiger charge is -2.44. The molecule has 0 radical (unpaired) electrons. The minimum atomic E-state index is 0.229. The number of methoxy groups -OCH3 is 1. The van der Waals surface area contributed by atoms with Crippen molar-refractivity contribution in [1.29, 1.82) is 0 Å². The molecular formula is C11H23NO2S. The van der Waals surface area contributed by atoms with Gasteiger partial charge in [-0.05, 0) is 24.0 Å². The van der Waals surface area contributed by atoms with Crippen LogP contribution in [0.25, 0.3) is 0 Å². The van der Waals surface area contributed by atoms with Gasteiger partial charge in [-0.15, -0.1) is 0 Å². The van der Waals surface area contributed by atoms with Crippen LogP contribution in [0.4, 0.5) is 0 Å². The lowest BCUT2D eigenvalue weighted by molar-refractivity contribution is 0.0598. The van der Waals surface area contributed by atoms with E-state index in [2.05, 4.69) is 17.5 Å². The van der Waals surface area contributed by atoms with Crippen LogP contribution in [0.5, 0.6) is 0 Å². The van der Waals surface area contributed by atoms with Crippen LogP contribution in [0.15, 0.2) is 0 Å². The highest BCUT2D eigenvalue weighted by Crippen LogP contribution is 2.42. The molecule has 1 rings (SSSR count). The highest BCUT2D eigenvalue weighted by atomic mass is 32.1. The van der Waals surface area contributed by atoms with Crippen LogP contribution >= 0.6 is 12.6 Å². The van der Waals surface area contributed by atoms with E-state index >= 15 is 0 Å². The number of aliphatic hydroxyl groups is 1. The Kier molecular flexibility index (Phi) is 5.97. The van der Waals surface area contributed by atoms with Gasteiger partial charge >= 0.3 is 0 Å². The van der Waals surface area contributed by atoms with Gasteiger partial charge in [-0.3, -0.25) is 4.90 Å². The molecular weight excluding hydrogens is 210 g/mol. The summed E-state index contributed by atoms with van der Waals surface area (Å²) >= 11 is 4.45. The molecule has 0 bridgehead atoms. The summed E-state index contributed by atoms with van der Waals surface area (Å²) in [7, 11) is 1.72. The van der Waals surface area contributed by atoms with Gasteiger partial charge in [0.1, 0.15) is 0 Å². The van der Waals surface area contributed by atoms with Crippen molar-refractivity contribution >= 4 is 12.6 Å². The van der Waals surface area contributed by atoms with E-state index in [1.165, 1.54) is 19.3 Å². The van der Waals surface area contributed by atoms with Gasteiger partial charge in [-0.25, -0.2) is 0 Å². The summed E-state index contributed by atoms with van der Waals surface area (Å²) in [5.41, 5.74) is 0.409. The van der Waals surface area contributed by atoms with Gasteiger partial charge < -0.3 is 9.84 Å². The molecule has 0 aromatic rings. The van der Waals surface area contributed by atoms with E-state index in [-0.39, 0.29) is 6.61 Å². The van der Waals surface area contributed by atoms with Crippen LogP contribution in [0.2, 0.25) is 0 Å². The number of rotatable bonds is 8. The highest BCUT2D eigenvalue weighted by molar-refractivity contribution is 7.80. The maximum atomic E-state index is 8.99. The van der Waals surface area contributed by atoms with E-state index in [4.69, 9.17) is 9.84 Å². The van der Waals surface area contributed by atoms with Crippen molar-refractivity contribution in [2.24, 2.45) is 5.41 Å². The second kappa shape index (κ2) is 6.74. The molecule has 0 atom stereocenters. The van der Waals surface area contributed by atoms with Crippen molar-refractivity contribution in [3.63, 3.8) is 0 Å². The predicted molar refractivity (Wildman–Crippen MR) is 65.5 cm³/mol. The largest absolute Gasteiger partial charge is 0.395 e. The molecule has 15 heavy (non-hydrogen) atoms. The molecule has 1 saturated carbocycles. The molecule has 3 nitrogen and oxygen atoms in total. The van der Waals surface area contributed by atoms with Crippen molar-refractivity contribution in [3.8, 4) is 0 Å². The molecule has 1 fully saturated rings. The topological polar surface area (TPSA) is 32.7 Å². The first-order valence-corrected chi connectivity index (χ1v) is 6.32. The van der Waals surface area contributed by atoms with Gasteiger partial charge in [0.25, 0.3) is 0 Å². The van der Waals surface area contributed by atoms with Crippen molar-refractivity contribution in [1.82, 2.24) is 4.90 Å². The fourth-order valence-corrected chi connectivity index (χ4v) is 2.57. The normalized spacial score (nSPS) is 19.2. The zero-order chi connectivity index (χ0) is 11.1. The summed E-state index contributed by atoms with van der Waals surface area (Å²) in [6.07, 6.45) is 3.90. The first kappa shape index (κ1) is 13.3. The zero-order valence-electron chi connectivity index (χ0n) is 9.61. The number of hydrogen-bond donors (Lipinski definition) is 2. The Morgan fingerprint density at radius 1 is 1.40 bits per heavy atom. The fourth-order valence-electron chi connectivity index (χ4n) is 2.15. The van der Waals surface area contributed by atoms with E-state index in [1.54, 1.807) is 7.11 Å². The van der Waals surface area contributed by atoms with E-state index in [1.807, 2.05) is 0 Å². The Labute approximate surface area is 98.2 Å². The van der Waals surface area contributed by atoms with Crippen LogP contribution in [0.3, 0.4) is 0 Å². The smallest absolute Gasteiger partial charge is 0.0589 e. The molecule has 0 spiro atoms. The molecule has 1 aliphatic carbocycles. The Morgan fingerprint density at radius 3 is 2.53 bits per heavy atom. The first-order chi connectivity index (χ1) is 7.26. The summed E-state index contributed by atoms with van der Waals surface area (Å²) in [5.74, 6) is 0.960. The zero-order valence-corrected chi connectivity index (χ0v) is 10.5. The summed E-state index contributed by atoms with van der Waals surface area (Å²) in [5, 5.41) is 8.99. The second-order valence-corrected chi connectivity index (χ2v) is 4.82. The van der Waals surface area contributed by atoms with Crippen molar-refractivity contribution in [2.75, 3.05) is 45.7 Å². The average molecular weight is 233 g/mol. The molecule has 0 aliphatic heterocycles. The van der Waals surface area contributed by atoms with Crippen molar-refractivity contribution in [3.05, 3.63) is 0 Å². The molecule has 1 aliphatic rings. The molecule has 90 valence electrons. The van der Waals surface area contributed by atoms with E-state index in [9.17, 15) is 0 Å². The van der Waals surface area contributed by atoms with E-state index < -0.39 is 0 Å². The quantitative estimate of drug-likeness (QED) is 0.614. The number of aliphatic hydroxyl groups excluding tert-OH is 1. The van der Waals surface area contributed by atoms with Gasteiger partial charge in [-0.2, -0.15) is 12.6 Å². The fraction of sp³-hybridized carbons (Fsp3) is 1.00. The minimum absolute atomic E-state index is 0.229. The van der Waals surface area contributed by atoms with Gasteiger partial charge in [-0.1, -0.05) is 6.42 Å². The lowest BCUT2D eigenvalue weighted by Crippen LogP contribution is -2.45. The average Bonchev–Trinajstić information content (AvgIpc) is 2.20. The molecule has 0 aromatic heterocycles. The molecule has 0 saturated heterocycles. The van der Waals surface area contributed by atoms with Crippen LogP contribution in [-0.2, 0) is 4.74 Å². The Morgan fingerprint density at radius 2 is 2.13 bits per heavy atom. The number of ether oxygens (including phenoxy) is 1. The van der Waals surface area contributed by atoms with Gasteiger partial charge in [0.2, 0.25) is 0 Å². The molecule has 0 aromatic carbocycles. The third-order valence-electron chi connectivity index (χ3n) is 3.34. The van der Waals surface area contributed by atoms with Crippen molar-refractivity contribution < 1.29 is 9.84 Å². The summed E-state index contributed by atoms with van der Waals surface area (Å²) in [6.45, 7) is 3.68. The summed E-state index contributed by atoms with van der Waals surface area (Å²) < 4.78 is 5.08. The van der Waals surface area contributed by atoms with Crippen LogP contribution in [0, 0.1) is 5.41 Å². The third-order valence-corrected chi connectivity index (χ3v) is 4.01. The number of nitrogens with zero attached hydrogens (tertiary/aromatic N) is 1. The van der Waals surface area contributed by atoms with Gasteiger partial charge in [0, 0.05) is 26.7 Å². The van der Waals surface area contributed by atoms with Crippen LogP contribution < -0.4 is 0 Å². The predicted octanol–water partition coefficient (Wildman–Crippen LogP) is 1.03. The number of thiol groups is 1. The third kappa shape index (κ3) is 3.94. The lowest BCUT2D eigenvalue weighted by atomic mass is 9.70. The monoisotopic (exact) mass is 233 g/mol. The molecule has 4 heteroatoms. The maximum absolute atomic E-state index is 8.99. The van der Waals surface area contributed by atoms with Crippen LogP contribution in [-0.4, -0.2) is 55.7 Å². The molecule has 0 heterocycles. The Balaban J connectivity index is 2.34. The Bertz CT molecular complexity index is 168. The minimum Gasteiger partial charge on any atom is -0.395 e. The Hall–Kier alpha value is 0.230. The number of hydrogen-bond acceptors (Lipinski definition) is 4. The van der Waals surface area contributed by atoms with E-state index in [0.717, 1.165) is 32.0 Å².